The van der Waals surface area contributed by atoms with Crippen molar-refractivity contribution in [2.24, 2.45) is 0 Å². The minimum atomic E-state index is 0.0277. The average Bonchev–Trinajstić information content (AvgIpc) is 2.41. The third-order valence-electron chi connectivity index (χ3n) is 3.08. The highest BCUT2D eigenvalue weighted by Crippen LogP contribution is 2.06. The highest BCUT2D eigenvalue weighted by Gasteiger charge is 1.97. The fraction of sp³-hybridized carbons (Fsp3) is 0.706. The average molecular weight is 295 g/mol. The van der Waals surface area contributed by atoms with Gasteiger partial charge in [0.1, 0.15) is 0 Å². The van der Waals surface area contributed by atoms with E-state index < -0.39 is 0 Å². The summed E-state index contributed by atoms with van der Waals surface area (Å²) in [6.07, 6.45) is 7.99. The van der Waals surface area contributed by atoms with E-state index in [4.69, 9.17) is 0 Å². The second-order valence-electron chi connectivity index (χ2n) is 5.66. The highest BCUT2D eigenvalue weighted by atomic mass is 16.1. The predicted octanol–water partition coefficient (Wildman–Crippen LogP) is 2.38. The Labute approximate surface area is 130 Å². The Bertz CT molecular complexity index is 331. The Morgan fingerprint density at radius 2 is 1.67 bits per heavy atom. The zero-order valence-electron chi connectivity index (χ0n) is 14.2. The van der Waals surface area contributed by atoms with E-state index >= 15 is 0 Å². The molecule has 4 nitrogen and oxygen atoms in total. The van der Waals surface area contributed by atoms with Gasteiger partial charge < -0.3 is 16.0 Å². The largest absolute Gasteiger partial charge is 0.353 e. The van der Waals surface area contributed by atoms with Crippen LogP contribution in [-0.4, -0.2) is 39.1 Å². The first kappa shape index (κ1) is 19.9. The van der Waals surface area contributed by atoms with Crippen LogP contribution in [0.2, 0.25) is 0 Å². The van der Waals surface area contributed by atoms with Crippen molar-refractivity contribution in [3.63, 3.8) is 0 Å². The topological polar surface area (TPSA) is 53.2 Å². The Morgan fingerprint density at radius 3 is 2.29 bits per heavy atom. The second-order valence-corrected chi connectivity index (χ2v) is 5.66. The van der Waals surface area contributed by atoms with Gasteiger partial charge in [-0.15, -0.1) is 0 Å². The molecule has 0 aromatic carbocycles. The molecule has 0 saturated heterocycles. The smallest absolute Gasteiger partial charge is 0.243 e. The van der Waals surface area contributed by atoms with Crippen LogP contribution < -0.4 is 16.0 Å². The number of amides is 1. The van der Waals surface area contributed by atoms with Crippen LogP contribution in [0.25, 0.3) is 0 Å². The molecule has 0 unspecified atom stereocenters. The van der Waals surface area contributed by atoms with E-state index in [2.05, 4.69) is 35.9 Å². The first-order valence-corrected chi connectivity index (χ1v) is 8.00. The van der Waals surface area contributed by atoms with Crippen LogP contribution in [0.3, 0.4) is 0 Å². The molecule has 3 N–H and O–H groups in total. The lowest BCUT2D eigenvalue weighted by molar-refractivity contribution is -0.116. The summed E-state index contributed by atoms with van der Waals surface area (Å²) in [6, 6.07) is 0. The predicted molar refractivity (Wildman–Crippen MR) is 91.5 cm³/mol. The van der Waals surface area contributed by atoms with Gasteiger partial charge in [-0.25, -0.2) is 0 Å². The SMILES string of the molecule is CNCCCNCCCNC(=O)/C=C(\C)CCC=C(C)C. The number of nitrogens with one attached hydrogen (secondary N) is 3. The van der Waals surface area contributed by atoms with Crippen LogP contribution in [0, 0.1) is 0 Å². The van der Waals surface area contributed by atoms with Gasteiger partial charge in [0, 0.05) is 12.6 Å². The molecule has 0 rings (SSSR count). The normalized spacial score (nSPS) is 11.3. The van der Waals surface area contributed by atoms with Crippen molar-refractivity contribution in [2.75, 3.05) is 33.2 Å². The molecule has 0 fully saturated rings. The second kappa shape index (κ2) is 13.8. The van der Waals surface area contributed by atoms with Crippen LogP contribution in [0.15, 0.2) is 23.3 Å². The van der Waals surface area contributed by atoms with Gasteiger partial charge in [-0.1, -0.05) is 17.2 Å². The molecular weight excluding hydrogens is 262 g/mol. The summed E-state index contributed by atoms with van der Waals surface area (Å²) >= 11 is 0. The van der Waals surface area contributed by atoms with Crippen LogP contribution in [0.5, 0.6) is 0 Å². The van der Waals surface area contributed by atoms with Gasteiger partial charge in [0.15, 0.2) is 0 Å². The van der Waals surface area contributed by atoms with Crippen LogP contribution >= 0.6 is 0 Å². The lowest BCUT2D eigenvalue weighted by atomic mass is 10.1. The van der Waals surface area contributed by atoms with E-state index in [1.165, 1.54) is 5.57 Å². The summed E-state index contributed by atoms with van der Waals surface area (Å²) in [5, 5.41) is 9.41. The summed E-state index contributed by atoms with van der Waals surface area (Å²) < 4.78 is 0. The minimum Gasteiger partial charge on any atom is -0.353 e. The molecule has 0 spiro atoms. The van der Waals surface area contributed by atoms with Crippen LogP contribution in [0.4, 0.5) is 0 Å². The van der Waals surface area contributed by atoms with Crippen molar-refractivity contribution >= 4 is 5.91 Å². The number of carbonyl (C=O) groups excluding carboxylic acids is 1. The van der Waals surface area contributed by atoms with Gasteiger partial charge in [0.2, 0.25) is 5.91 Å². The van der Waals surface area contributed by atoms with Gasteiger partial charge in [-0.05, 0) is 73.1 Å². The third kappa shape index (κ3) is 15.1. The van der Waals surface area contributed by atoms with Crippen LogP contribution in [0.1, 0.15) is 46.5 Å². The molecule has 0 atom stereocenters. The molecular formula is C17H33N3O. The zero-order chi connectivity index (χ0) is 15.9. The van der Waals surface area contributed by atoms with E-state index in [-0.39, 0.29) is 5.91 Å². The number of carbonyl (C=O) groups is 1. The van der Waals surface area contributed by atoms with Crippen LogP contribution in [-0.2, 0) is 4.79 Å². The van der Waals surface area contributed by atoms with Gasteiger partial charge in [-0.2, -0.15) is 0 Å². The van der Waals surface area contributed by atoms with Gasteiger partial charge >= 0.3 is 0 Å². The maximum Gasteiger partial charge on any atom is 0.243 e. The molecule has 0 heterocycles. The quantitative estimate of drug-likeness (QED) is 0.294. The number of hydrogen-bond acceptors (Lipinski definition) is 3. The molecule has 0 radical (unpaired) electrons. The molecule has 0 saturated carbocycles. The monoisotopic (exact) mass is 295 g/mol. The Kier molecular flexibility index (Phi) is 13.1. The molecule has 0 bridgehead atoms. The number of allylic oxidation sites excluding steroid dienone is 3. The van der Waals surface area contributed by atoms with E-state index in [0.717, 1.165) is 57.4 Å². The van der Waals surface area contributed by atoms with Crippen molar-refractivity contribution in [3.8, 4) is 0 Å². The standard InChI is InChI=1S/C17H33N3O/c1-15(2)8-5-9-16(3)14-17(21)20-13-7-12-19-11-6-10-18-4/h8,14,18-19H,5-7,9-13H2,1-4H3,(H,20,21)/b16-14+. The molecule has 1 amide bonds. The molecule has 122 valence electrons. The Morgan fingerprint density at radius 1 is 1.00 bits per heavy atom. The van der Waals surface area contributed by atoms with E-state index in [0.29, 0.717) is 0 Å². The van der Waals surface area contributed by atoms with E-state index in [1.807, 2.05) is 14.0 Å². The molecule has 0 aliphatic rings. The lowest BCUT2D eigenvalue weighted by Gasteiger charge is -2.05. The Hall–Kier alpha value is -1.13. The van der Waals surface area contributed by atoms with Crippen molar-refractivity contribution in [3.05, 3.63) is 23.3 Å². The molecule has 0 aromatic rings. The summed E-state index contributed by atoms with van der Waals surface area (Å²) in [5.74, 6) is 0.0277. The van der Waals surface area contributed by atoms with Gasteiger partial charge in [-0.3, -0.25) is 4.79 Å². The number of hydrogen-bond donors (Lipinski definition) is 3. The van der Waals surface area contributed by atoms with Crippen molar-refractivity contribution in [1.29, 1.82) is 0 Å². The molecule has 21 heavy (non-hydrogen) atoms. The fourth-order valence-electron chi connectivity index (χ4n) is 1.88. The summed E-state index contributed by atoms with van der Waals surface area (Å²) in [6.45, 7) is 9.96. The first-order chi connectivity index (χ1) is 10.1. The summed E-state index contributed by atoms with van der Waals surface area (Å²) in [7, 11) is 1.96. The van der Waals surface area contributed by atoms with Crippen molar-refractivity contribution < 1.29 is 4.79 Å². The maximum absolute atomic E-state index is 11.7. The fourth-order valence-corrected chi connectivity index (χ4v) is 1.88. The number of rotatable bonds is 12. The van der Waals surface area contributed by atoms with Crippen molar-refractivity contribution in [2.45, 2.75) is 46.5 Å². The summed E-state index contributed by atoms with van der Waals surface area (Å²) in [4.78, 5) is 11.7. The molecule has 0 aromatic heterocycles. The Balaban J connectivity index is 3.58. The third-order valence-corrected chi connectivity index (χ3v) is 3.08. The molecule has 0 aliphatic heterocycles. The van der Waals surface area contributed by atoms with E-state index in [9.17, 15) is 4.79 Å². The first-order valence-electron chi connectivity index (χ1n) is 8.00. The minimum absolute atomic E-state index is 0.0277. The van der Waals surface area contributed by atoms with Crippen molar-refractivity contribution in [1.82, 2.24) is 16.0 Å². The van der Waals surface area contributed by atoms with Gasteiger partial charge in [0.25, 0.3) is 0 Å². The lowest BCUT2D eigenvalue weighted by Crippen LogP contribution is -2.27. The molecule has 4 heteroatoms. The molecule has 0 aliphatic carbocycles. The van der Waals surface area contributed by atoms with E-state index in [1.54, 1.807) is 6.08 Å². The zero-order valence-corrected chi connectivity index (χ0v) is 14.2. The highest BCUT2D eigenvalue weighted by molar-refractivity contribution is 5.88. The summed E-state index contributed by atoms with van der Waals surface area (Å²) in [5.41, 5.74) is 2.46. The van der Waals surface area contributed by atoms with Gasteiger partial charge in [0.05, 0.1) is 0 Å². The maximum atomic E-state index is 11.7.